The number of carbonyl (C=O) groups excluding carboxylic acids is 4. The van der Waals surface area contributed by atoms with Crippen molar-refractivity contribution in [3.05, 3.63) is 92.7 Å². The van der Waals surface area contributed by atoms with Crippen molar-refractivity contribution in [1.29, 1.82) is 0 Å². The smallest absolute Gasteiger partial charge is 0.328 e. The van der Waals surface area contributed by atoms with Gasteiger partial charge in [-0.25, -0.2) is 9.78 Å². The number of H-pyrrole nitrogens is 1. The maximum atomic E-state index is 13.7. The van der Waals surface area contributed by atoms with E-state index >= 15 is 0 Å². The molecule has 1 aliphatic heterocycles. The molecular formula is C29H28N8O9. The Labute approximate surface area is 259 Å². The van der Waals surface area contributed by atoms with Crippen LogP contribution in [0.3, 0.4) is 0 Å². The lowest BCUT2D eigenvalue weighted by Crippen LogP contribution is -2.55. The third-order valence-corrected chi connectivity index (χ3v) is 7.54. The Kier molecular flexibility index (Phi) is 9.01. The number of amides is 3. The predicted molar refractivity (Wildman–Crippen MR) is 160 cm³/mol. The van der Waals surface area contributed by atoms with Crippen LogP contribution in [0.1, 0.15) is 24.1 Å². The van der Waals surface area contributed by atoms with Crippen LogP contribution in [0.15, 0.2) is 61.2 Å². The molecule has 1 saturated heterocycles. The molecule has 4 aromatic rings. The molecule has 4 N–H and O–H groups in total. The van der Waals surface area contributed by atoms with Crippen LogP contribution >= 0.6 is 0 Å². The second-order valence-corrected chi connectivity index (χ2v) is 10.5. The number of aromatic amines is 1. The Bertz CT molecular complexity index is 1850. The van der Waals surface area contributed by atoms with Gasteiger partial charge in [0.2, 0.25) is 17.7 Å². The topological polar surface area (TPSA) is 233 Å². The van der Waals surface area contributed by atoms with Crippen molar-refractivity contribution >= 4 is 46.0 Å². The van der Waals surface area contributed by atoms with Crippen molar-refractivity contribution in [2.75, 3.05) is 7.11 Å². The van der Waals surface area contributed by atoms with Crippen LogP contribution in [0.25, 0.3) is 16.6 Å². The highest BCUT2D eigenvalue weighted by Gasteiger charge is 2.33. The average molecular weight is 633 g/mol. The van der Waals surface area contributed by atoms with Crippen molar-refractivity contribution < 1.29 is 33.8 Å². The van der Waals surface area contributed by atoms with Gasteiger partial charge < -0.3 is 25.7 Å². The van der Waals surface area contributed by atoms with E-state index in [9.17, 15) is 39.4 Å². The van der Waals surface area contributed by atoms with Gasteiger partial charge >= 0.3 is 5.97 Å². The van der Waals surface area contributed by atoms with Crippen LogP contribution in [0, 0.1) is 20.2 Å². The molecule has 0 radical (unpaired) electrons. The number of fused-ring (bicyclic) bond motifs is 1. The monoisotopic (exact) mass is 632 g/mol. The van der Waals surface area contributed by atoms with E-state index in [4.69, 9.17) is 4.74 Å². The molecule has 1 aliphatic rings. The first-order valence-electron chi connectivity index (χ1n) is 14.0. The Balaban J connectivity index is 1.40. The lowest BCUT2D eigenvalue weighted by Gasteiger charge is -2.23. The highest BCUT2D eigenvalue weighted by atomic mass is 16.6. The number of ether oxygens (including phenoxy) is 1. The molecule has 1 fully saturated rings. The van der Waals surface area contributed by atoms with E-state index in [1.165, 1.54) is 30.3 Å². The van der Waals surface area contributed by atoms with Crippen molar-refractivity contribution in [3.8, 4) is 5.69 Å². The normalized spacial score (nSPS) is 15.5. The number of benzene rings is 2. The summed E-state index contributed by atoms with van der Waals surface area (Å²) in [6.07, 6.45) is 4.55. The summed E-state index contributed by atoms with van der Waals surface area (Å²) in [7, 11) is 1.18. The van der Waals surface area contributed by atoms with Crippen LogP contribution in [0.2, 0.25) is 0 Å². The van der Waals surface area contributed by atoms with Crippen molar-refractivity contribution in [2.45, 2.75) is 43.8 Å². The van der Waals surface area contributed by atoms with Crippen molar-refractivity contribution in [1.82, 2.24) is 30.5 Å². The second-order valence-electron chi connectivity index (χ2n) is 10.5. The lowest BCUT2D eigenvalue weighted by atomic mass is 10.0. The van der Waals surface area contributed by atoms with Crippen LogP contribution in [0.4, 0.5) is 11.4 Å². The molecule has 17 heteroatoms. The summed E-state index contributed by atoms with van der Waals surface area (Å²) in [5, 5.41) is 31.5. The minimum absolute atomic E-state index is 0.0162. The maximum Gasteiger partial charge on any atom is 0.328 e. The zero-order valence-corrected chi connectivity index (χ0v) is 24.3. The highest BCUT2D eigenvalue weighted by molar-refractivity contribution is 5.95. The number of hydrogen-bond acceptors (Lipinski definition) is 10. The summed E-state index contributed by atoms with van der Waals surface area (Å²) in [5.74, 6) is -2.40. The number of rotatable bonds is 12. The minimum Gasteiger partial charge on any atom is -0.467 e. The standard InChI is InChI=1S/C29H28N8O9/c1-46-29(41)23(10-16-13-30-20-5-3-2-4-19(16)20)34-28(40)22(33-27(39)21-7-9-26(38)32-21)11-17-14-35(15-31-17)24-8-6-18(36(42)43)12-25(24)37(44)45/h2-6,8,12-15,21-23,30H,7,9-11H2,1H3,(H,32,38)(H,33,39)(H,34,40)/t21-,22-,23-/m0/s1. The number of carbonyl (C=O) groups is 4. The fourth-order valence-electron chi connectivity index (χ4n) is 5.22. The maximum absolute atomic E-state index is 13.7. The number of methoxy groups -OCH3 is 1. The Morgan fingerprint density at radius 1 is 1.09 bits per heavy atom. The Morgan fingerprint density at radius 2 is 1.87 bits per heavy atom. The summed E-state index contributed by atoms with van der Waals surface area (Å²) in [6.45, 7) is 0. The first-order valence-corrected chi connectivity index (χ1v) is 14.0. The number of nitrogens with zero attached hydrogens (tertiary/aromatic N) is 4. The largest absolute Gasteiger partial charge is 0.467 e. The van der Waals surface area contributed by atoms with Gasteiger partial charge in [0.25, 0.3) is 11.4 Å². The summed E-state index contributed by atoms with van der Waals surface area (Å²) in [6, 6.07) is 7.24. The molecule has 238 valence electrons. The molecule has 3 atom stereocenters. The number of non-ortho nitro benzene ring substituents is 1. The van der Waals surface area contributed by atoms with E-state index in [1.807, 2.05) is 24.3 Å². The third-order valence-electron chi connectivity index (χ3n) is 7.54. The molecule has 3 heterocycles. The van der Waals surface area contributed by atoms with Gasteiger partial charge in [0, 0.05) is 48.6 Å². The minimum atomic E-state index is -1.30. The fraction of sp³-hybridized carbons (Fsp3) is 0.276. The molecule has 0 spiro atoms. The molecule has 46 heavy (non-hydrogen) atoms. The predicted octanol–water partition coefficient (Wildman–Crippen LogP) is 1.38. The van der Waals surface area contributed by atoms with Crippen LogP contribution < -0.4 is 16.0 Å². The number of imidazole rings is 1. The second kappa shape index (κ2) is 13.2. The fourth-order valence-corrected chi connectivity index (χ4v) is 5.22. The number of para-hydroxylation sites is 1. The molecule has 0 bridgehead atoms. The molecule has 0 unspecified atom stereocenters. The molecule has 3 amide bonds. The zero-order valence-electron chi connectivity index (χ0n) is 24.3. The summed E-state index contributed by atoms with van der Waals surface area (Å²) in [5.41, 5.74) is 0.759. The van der Waals surface area contributed by atoms with Gasteiger partial charge in [0.1, 0.15) is 23.8 Å². The molecule has 2 aromatic carbocycles. The van der Waals surface area contributed by atoms with Crippen LogP contribution in [0.5, 0.6) is 0 Å². The number of nitro groups is 2. The SMILES string of the molecule is COC(=O)[C@H](Cc1c[nH]c2ccccc12)NC(=O)[C@H](Cc1cn(-c2ccc([N+](=O)[O-])cc2[N+](=O)[O-])cn1)NC(=O)[C@@H]1CCC(=O)N1. The zero-order chi connectivity index (χ0) is 33.0. The van der Waals surface area contributed by atoms with E-state index in [-0.39, 0.29) is 43.0 Å². The molecular weight excluding hydrogens is 604 g/mol. The van der Waals surface area contributed by atoms with Gasteiger partial charge in [-0.05, 0) is 24.1 Å². The lowest BCUT2D eigenvalue weighted by molar-refractivity contribution is -0.394. The van der Waals surface area contributed by atoms with Gasteiger partial charge in [-0.3, -0.25) is 39.2 Å². The van der Waals surface area contributed by atoms with Gasteiger partial charge in [-0.2, -0.15) is 0 Å². The summed E-state index contributed by atoms with van der Waals surface area (Å²) < 4.78 is 6.20. The average Bonchev–Trinajstić information content (AvgIpc) is 3.80. The third kappa shape index (κ3) is 6.82. The van der Waals surface area contributed by atoms with Gasteiger partial charge in [-0.15, -0.1) is 0 Å². The van der Waals surface area contributed by atoms with Crippen LogP contribution in [-0.2, 0) is 36.8 Å². The number of aromatic nitrogens is 3. The van der Waals surface area contributed by atoms with Crippen LogP contribution in [-0.4, -0.2) is 73.3 Å². The first-order chi connectivity index (χ1) is 22.0. The molecule has 5 rings (SSSR count). The number of esters is 1. The van der Waals surface area contributed by atoms with Crippen molar-refractivity contribution in [3.63, 3.8) is 0 Å². The van der Waals surface area contributed by atoms with Gasteiger partial charge in [-0.1, -0.05) is 18.2 Å². The van der Waals surface area contributed by atoms with E-state index in [0.29, 0.717) is 0 Å². The Hall–Kier alpha value is -6.13. The van der Waals surface area contributed by atoms with Gasteiger partial charge in [0.05, 0.1) is 35.0 Å². The van der Waals surface area contributed by atoms with E-state index in [0.717, 1.165) is 28.6 Å². The quantitative estimate of drug-likeness (QED) is 0.0995. The highest BCUT2D eigenvalue weighted by Crippen LogP contribution is 2.28. The van der Waals surface area contributed by atoms with Gasteiger partial charge in [0.15, 0.2) is 0 Å². The number of hydrogen-bond donors (Lipinski definition) is 4. The molecule has 0 saturated carbocycles. The Morgan fingerprint density at radius 3 is 2.57 bits per heavy atom. The van der Waals surface area contributed by atoms with Crippen molar-refractivity contribution in [2.24, 2.45) is 0 Å². The molecule has 0 aliphatic carbocycles. The first kappa shape index (κ1) is 31.3. The molecule has 2 aromatic heterocycles. The number of nitro benzene ring substituents is 2. The van der Waals surface area contributed by atoms with E-state index in [1.54, 1.807) is 6.20 Å². The number of nitrogens with one attached hydrogen (secondary N) is 4. The van der Waals surface area contributed by atoms with E-state index < -0.39 is 57.1 Å². The van der Waals surface area contributed by atoms with E-state index in [2.05, 4.69) is 25.9 Å². The summed E-state index contributed by atoms with van der Waals surface area (Å²) in [4.78, 5) is 79.8. The molecule has 17 nitrogen and oxygen atoms in total. The summed E-state index contributed by atoms with van der Waals surface area (Å²) >= 11 is 0.